The van der Waals surface area contributed by atoms with Gasteiger partial charge in [0.05, 0.1) is 28.9 Å². The fourth-order valence-corrected chi connectivity index (χ4v) is 4.34. The number of carbonyl (C=O) groups excluding carboxylic acids is 1. The van der Waals surface area contributed by atoms with Gasteiger partial charge < -0.3 is 9.64 Å². The largest absolute Gasteiger partial charge is 0.462 e. The van der Waals surface area contributed by atoms with E-state index < -0.39 is 11.7 Å². The van der Waals surface area contributed by atoms with Gasteiger partial charge >= 0.3 is 12.1 Å². The number of hydrogen-bond acceptors (Lipinski definition) is 6. The molecule has 0 spiro atoms. The molecule has 34 heavy (non-hydrogen) atoms. The molecule has 180 valence electrons. The zero-order valence-corrected chi connectivity index (χ0v) is 19.2. The van der Waals surface area contributed by atoms with E-state index in [-0.39, 0.29) is 12.6 Å². The van der Waals surface area contributed by atoms with Crippen molar-refractivity contribution in [1.82, 2.24) is 14.9 Å². The summed E-state index contributed by atoms with van der Waals surface area (Å²) in [5.74, 6) is 0.153. The molecule has 0 unspecified atom stereocenters. The van der Waals surface area contributed by atoms with Gasteiger partial charge in [0.15, 0.2) is 0 Å². The average Bonchev–Trinajstić information content (AvgIpc) is 3.04. The summed E-state index contributed by atoms with van der Waals surface area (Å²) in [5, 5.41) is 0.921. The maximum absolute atomic E-state index is 12.8. The molecule has 0 aliphatic carbocycles. The predicted octanol–water partition coefficient (Wildman–Crippen LogP) is 4.85. The number of para-hydroxylation sites is 1. The summed E-state index contributed by atoms with van der Waals surface area (Å²) in [5.41, 5.74) is 2.11. The van der Waals surface area contributed by atoms with E-state index in [1.165, 1.54) is 6.07 Å². The highest BCUT2D eigenvalue weighted by atomic mass is 19.4. The first-order valence-electron chi connectivity index (χ1n) is 11.3. The van der Waals surface area contributed by atoms with Gasteiger partial charge in [0.2, 0.25) is 0 Å². The zero-order chi connectivity index (χ0) is 24.3. The van der Waals surface area contributed by atoms with Gasteiger partial charge in [0.1, 0.15) is 5.82 Å². The van der Waals surface area contributed by atoms with E-state index in [1.54, 1.807) is 6.92 Å². The first-order chi connectivity index (χ1) is 16.3. The molecule has 1 aromatic carbocycles. The molecule has 9 heteroatoms. The van der Waals surface area contributed by atoms with Gasteiger partial charge in [-0.05, 0) is 44.0 Å². The second-order valence-electron chi connectivity index (χ2n) is 8.32. The Morgan fingerprint density at radius 2 is 1.88 bits per heavy atom. The second-order valence-corrected chi connectivity index (χ2v) is 8.32. The summed E-state index contributed by atoms with van der Waals surface area (Å²) in [4.78, 5) is 25.8. The van der Waals surface area contributed by atoms with Crippen LogP contribution in [0.25, 0.3) is 10.9 Å². The lowest BCUT2D eigenvalue weighted by atomic mass is 10.0. The van der Waals surface area contributed by atoms with Crippen molar-refractivity contribution in [3.63, 3.8) is 0 Å². The molecule has 6 nitrogen and oxygen atoms in total. The number of hydrogen-bond donors (Lipinski definition) is 0. The van der Waals surface area contributed by atoms with Crippen molar-refractivity contribution >= 4 is 22.7 Å². The third-order valence-electron chi connectivity index (χ3n) is 6.07. The Bertz CT molecular complexity index is 1170. The number of ether oxygens (including phenoxy) is 1. The van der Waals surface area contributed by atoms with E-state index in [0.717, 1.165) is 41.7 Å². The van der Waals surface area contributed by atoms with Crippen LogP contribution in [-0.4, -0.2) is 53.6 Å². The van der Waals surface area contributed by atoms with Crippen LogP contribution in [0.2, 0.25) is 0 Å². The normalized spacial score (nSPS) is 15.4. The molecule has 1 saturated heterocycles. The van der Waals surface area contributed by atoms with Crippen molar-refractivity contribution in [2.75, 3.05) is 37.7 Å². The van der Waals surface area contributed by atoms with Crippen LogP contribution in [-0.2, 0) is 17.5 Å². The smallest absolute Gasteiger partial charge is 0.417 e. The number of pyridine rings is 2. The molecule has 1 aliphatic rings. The molecule has 1 aliphatic heterocycles. The van der Waals surface area contributed by atoms with Crippen LogP contribution >= 0.6 is 0 Å². The summed E-state index contributed by atoms with van der Waals surface area (Å²) in [7, 11) is 0. The Morgan fingerprint density at radius 3 is 2.59 bits per heavy atom. The molecule has 0 radical (unpaired) electrons. The number of benzene rings is 1. The van der Waals surface area contributed by atoms with Crippen molar-refractivity contribution in [2.45, 2.75) is 33.0 Å². The second kappa shape index (κ2) is 9.97. The fraction of sp³-hybridized carbons (Fsp3) is 0.400. The number of anilines is 1. The lowest BCUT2D eigenvalue weighted by molar-refractivity contribution is -0.137. The van der Waals surface area contributed by atoms with Crippen LogP contribution in [0, 0.1) is 6.92 Å². The maximum Gasteiger partial charge on any atom is 0.417 e. The number of fused-ring (bicyclic) bond motifs is 1. The minimum absolute atomic E-state index is 0.281. The third kappa shape index (κ3) is 5.14. The molecular formula is C25H27F3N4O2. The number of alkyl halides is 3. The molecule has 3 heterocycles. The Hall–Kier alpha value is -3.20. The number of aromatic nitrogens is 2. The number of carbonyl (C=O) groups is 1. The van der Waals surface area contributed by atoms with Crippen LogP contribution in [0.15, 0.2) is 42.6 Å². The van der Waals surface area contributed by atoms with Gasteiger partial charge in [0.25, 0.3) is 0 Å². The number of aryl methyl sites for hydroxylation is 1. The molecule has 0 N–H and O–H groups in total. The summed E-state index contributed by atoms with van der Waals surface area (Å²) in [6, 6.07) is 10.2. The minimum atomic E-state index is -4.40. The van der Waals surface area contributed by atoms with E-state index >= 15 is 0 Å². The van der Waals surface area contributed by atoms with E-state index in [4.69, 9.17) is 9.72 Å². The highest BCUT2D eigenvalue weighted by molar-refractivity contribution is 5.98. The van der Waals surface area contributed by atoms with E-state index in [2.05, 4.69) is 9.88 Å². The van der Waals surface area contributed by atoms with E-state index in [9.17, 15) is 18.0 Å². The average molecular weight is 473 g/mol. The SMILES string of the molecule is CCOC(=O)c1c(CN2CCCN(c3ccc(C(F)(F)F)cn3)CC2)nc2ccccc2c1C. The minimum Gasteiger partial charge on any atom is -0.462 e. The van der Waals surface area contributed by atoms with Crippen molar-refractivity contribution in [3.8, 4) is 0 Å². The predicted molar refractivity (Wildman–Crippen MR) is 124 cm³/mol. The van der Waals surface area contributed by atoms with E-state index in [0.29, 0.717) is 43.3 Å². The molecular weight excluding hydrogens is 445 g/mol. The molecule has 2 aromatic heterocycles. The standard InChI is InChI=1S/C25H27F3N4O2/c1-3-34-24(33)23-17(2)19-7-4-5-8-20(19)30-21(23)16-31-11-6-12-32(14-13-31)22-10-9-18(15-29-22)25(26,27)28/h4-5,7-10,15H,3,6,11-14,16H2,1-2H3. The van der Waals surface area contributed by atoms with Crippen molar-refractivity contribution < 1.29 is 22.7 Å². The number of nitrogens with zero attached hydrogens (tertiary/aromatic N) is 4. The Kier molecular flexibility index (Phi) is 7.02. The van der Waals surface area contributed by atoms with Gasteiger partial charge in [-0.25, -0.2) is 9.78 Å². The molecule has 4 rings (SSSR count). The van der Waals surface area contributed by atoms with Crippen LogP contribution in [0.3, 0.4) is 0 Å². The van der Waals surface area contributed by atoms with Crippen LogP contribution in [0.5, 0.6) is 0 Å². The number of rotatable bonds is 5. The summed E-state index contributed by atoms with van der Waals surface area (Å²) < 4.78 is 43.9. The summed E-state index contributed by atoms with van der Waals surface area (Å²) >= 11 is 0. The quantitative estimate of drug-likeness (QED) is 0.495. The first kappa shape index (κ1) is 23.9. The summed E-state index contributed by atoms with van der Waals surface area (Å²) in [6.07, 6.45) is -2.71. The van der Waals surface area contributed by atoms with Gasteiger partial charge in [-0.3, -0.25) is 9.88 Å². The first-order valence-corrected chi connectivity index (χ1v) is 11.3. The van der Waals surface area contributed by atoms with Gasteiger partial charge in [0, 0.05) is 44.3 Å². The monoisotopic (exact) mass is 472 g/mol. The Morgan fingerprint density at radius 1 is 1.09 bits per heavy atom. The number of halogens is 3. The molecule has 3 aromatic rings. The highest BCUT2D eigenvalue weighted by Gasteiger charge is 2.31. The van der Waals surface area contributed by atoms with Crippen molar-refractivity contribution in [2.24, 2.45) is 0 Å². The third-order valence-corrected chi connectivity index (χ3v) is 6.07. The van der Waals surface area contributed by atoms with Crippen LogP contribution in [0.4, 0.5) is 19.0 Å². The lowest BCUT2D eigenvalue weighted by Crippen LogP contribution is -2.31. The zero-order valence-electron chi connectivity index (χ0n) is 19.2. The maximum atomic E-state index is 12.8. The molecule has 0 amide bonds. The van der Waals surface area contributed by atoms with Gasteiger partial charge in [-0.2, -0.15) is 13.2 Å². The van der Waals surface area contributed by atoms with Crippen molar-refractivity contribution in [3.05, 3.63) is 65.0 Å². The summed E-state index contributed by atoms with van der Waals surface area (Å²) in [6.45, 7) is 7.19. The number of esters is 1. The highest BCUT2D eigenvalue weighted by Crippen LogP contribution is 2.30. The van der Waals surface area contributed by atoms with Gasteiger partial charge in [-0.1, -0.05) is 18.2 Å². The molecule has 1 fully saturated rings. The topological polar surface area (TPSA) is 58.6 Å². The Labute approximate surface area is 196 Å². The lowest BCUT2D eigenvalue weighted by Gasteiger charge is -2.24. The fourth-order valence-electron chi connectivity index (χ4n) is 4.34. The molecule has 0 atom stereocenters. The van der Waals surface area contributed by atoms with E-state index in [1.807, 2.05) is 36.1 Å². The van der Waals surface area contributed by atoms with Gasteiger partial charge in [-0.15, -0.1) is 0 Å². The molecule has 0 saturated carbocycles. The van der Waals surface area contributed by atoms with Crippen LogP contribution < -0.4 is 4.90 Å². The van der Waals surface area contributed by atoms with Crippen molar-refractivity contribution in [1.29, 1.82) is 0 Å². The molecule has 0 bridgehead atoms. The van der Waals surface area contributed by atoms with Crippen LogP contribution in [0.1, 0.15) is 40.5 Å². The Balaban J connectivity index is 1.54.